The minimum atomic E-state index is 0.399. The lowest BCUT2D eigenvalue weighted by atomic mass is 9.68. The van der Waals surface area contributed by atoms with E-state index in [0.717, 1.165) is 5.75 Å². The van der Waals surface area contributed by atoms with Crippen molar-refractivity contribution in [3.05, 3.63) is 76.9 Å². The molecule has 3 aliphatic rings. The molecule has 2 aromatic rings. The van der Waals surface area contributed by atoms with Crippen molar-refractivity contribution in [2.24, 2.45) is 0 Å². The van der Waals surface area contributed by atoms with Crippen LogP contribution in [0.15, 0.2) is 54.6 Å². The van der Waals surface area contributed by atoms with E-state index in [4.69, 9.17) is 4.74 Å². The zero-order chi connectivity index (χ0) is 12.1. The zero-order valence-corrected chi connectivity index (χ0v) is 10.3. The Kier molecular flexibility index (Phi) is 1.93. The molecule has 0 aliphatic heterocycles. The maximum absolute atomic E-state index is 5.35. The lowest BCUT2D eigenvalue weighted by molar-refractivity contribution is 0.414. The fourth-order valence-corrected chi connectivity index (χ4v) is 3.28. The highest BCUT2D eigenvalue weighted by Crippen LogP contribution is 2.49. The number of ether oxygens (including phenoxy) is 1. The topological polar surface area (TPSA) is 9.23 Å². The number of hydrogen-bond donors (Lipinski definition) is 0. The molecule has 0 N–H and O–H groups in total. The van der Waals surface area contributed by atoms with E-state index in [1.165, 1.54) is 22.3 Å². The summed E-state index contributed by atoms with van der Waals surface area (Å²) in [5, 5.41) is 0. The number of rotatable bonds is 1. The monoisotopic (exact) mass is 234 g/mol. The lowest BCUT2D eigenvalue weighted by Crippen LogP contribution is -2.20. The Morgan fingerprint density at radius 3 is 2.06 bits per heavy atom. The van der Waals surface area contributed by atoms with E-state index in [9.17, 15) is 0 Å². The molecular weight excluding hydrogens is 220 g/mol. The third-order valence-corrected chi connectivity index (χ3v) is 4.13. The summed E-state index contributed by atoms with van der Waals surface area (Å²) in [6, 6.07) is 15.2. The van der Waals surface area contributed by atoms with Crippen LogP contribution in [0, 0.1) is 0 Å². The summed E-state index contributed by atoms with van der Waals surface area (Å²) in [5.74, 6) is 1.77. The van der Waals surface area contributed by atoms with Crippen LogP contribution >= 0.6 is 0 Å². The van der Waals surface area contributed by atoms with E-state index in [0.29, 0.717) is 11.8 Å². The SMILES string of the molecule is COc1ccc2c(c1)C1C=CC2c2ccccc21. The van der Waals surface area contributed by atoms with Crippen LogP contribution in [0.1, 0.15) is 34.1 Å². The molecule has 18 heavy (non-hydrogen) atoms. The highest BCUT2D eigenvalue weighted by Gasteiger charge is 2.33. The second-order valence-electron chi connectivity index (χ2n) is 4.96. The van der Waals surface area contributed by atoms with E-state index in [2.05, 4.69) is 54.6 Å². The van der Waals surface area contributed by atoms with Gasteiger partial charge in [0.05, 0.1) is 7.11 Å². The molecule has 0 radical (unpaired) electrons. The first-order valence-electron chi connectivity index (χ1n) is 6.33. The molecular formula is C17H14O. The Labute approximate surface area is 107 Å². The van der Waals surface area contributed by atoms with Crippen LogP contribution in [0.4, 0.5) is 0 Å². The van der Waals surface area contributed by atoms with Crippen molar-refractivity contribution in [2.75, 3.05) is 7.11 Å². The second-order valence-corrected chi connectivity index (χ2v) is 4.96. The van der Waals surface area contributed by atoms with Gasteiger partial charge in [-0.1, -0.05) is 42.5 Å². The molecule has 0 fully saturated rings. The van der Waals surface area contributed by atoms with Crippen LogP contribution in [-0.2, 0) is 0 Å². The van der Waals surface area contributed by atoms with Gasteiger partial charge in [0, 0.05) is 11.8 Å². The van der Waals surface area contributed by atoms with Crippen molar-refractivity contribution in [1.29, 1.82) is 0 Å². The Bertz CT molecular complexity index is 654. The summed E-state index contributed by atoms with van der Waals surface area (Å²) < 4.78 is 5.35. The van der Waals surface area contributed by atoms with Gasteiger partial charge in [-0.3, -0.25) is 0 Å². The van der Waals surface area contributed by atoms with Gasteiger partial charge in [0.1, 0.15) is 5.75 Å². The molecule has 0 aromatic heterocycles. The summed E-state index contributed by atoms with van der Waals surface area (Å²) in [6.07, 6.45) is 4.66. The molecule has 2 aromatic carbocycles. The minimum Gasteiger partial charge on any atom is -0.497 e. The van der Waals surface area contributed by atoms with E-state index in [1.807, 2.05) is 0 Å². The van der Waals surface area contributed by atoms with Crippen LogP contribution < -0.4 is 4.74 Å². The van der Waals surface area contributed by atoms with Gasteiger partial charge in [-0.05, 0) is 34.4 Å². The van der Waals surface area contributed by atoms with Gasteiger partial charge < -0.3 is 4.74 Å². The van der Waals surface area contributed by atoms with Crippen molar-refractivity contribution in [1.82, 2.24) is 0 Å². The van der Waals surface area contributed by atoms with Crippen LogP contribution in [0.5, 0.6) is 5.75 Å². The van der Waals surface area contributed by atoms with Crippen LogP contribution in [0.2, 0.25) is 0 Å². The minimum absolute atomic E-state index is 0.399. The molecule has 0 spiro atoms. The van der Waals surface area contributed by atoms with E-state index >= 15 is 0 Å². The molecule has 5 rings (SSSR count). The van der Waals surface area contributed by atoms with Crippen molar-refractivity contribution in [3.8, 4) is 5.75 Å². The molecule has 0 saturated carbocycles. The van der Waals surface area contributed by atoms with Crippen LogP contribution in [-0.4, -0.2) is 7.11 Å². The number of allylic oxidation sites excluding steroid dienone is 2. The first kappa shape index (κ1) is 9.95. The van der Waals surface area contributed by atoms with Gasteiger partial charge in [0.2, 0.25) is 0 Å². The molecule has 0 heterocycles. The Morgan fingerprint density at radius 2 is 1.39 bits per heavy atom. The molecule has 0 amide bonds. The van der Waals surface area contributed by atoms with Gasteiger partial charge in [0.25, 0.3) is 0 Å². The van der Waals surface area contributed by atoms with Crippen LogP contribution in [0.3, 0.4) is 0 Å². The molecule has 2 bridgehead atoms. The predicted octanol–water partition coefficient (Wildman–Crippen LogP) is 3.84. The van der Waals surface area contributed by atoms with E-state index in [1.54, 1.807) is 7.11 Å². The van der Waals surface area contributed by atoms with Gasteiger partial charge in [-0.15, -0.1) is 0 Å². The maximum Gasteiger partial charge on any atom is 0.119 e. The van der Waals surface area contributed by atoms with Crippen molar-refractivity contribution >= 4 is 0 Å². The highest BCUT2D eigenvalue weighted by molar-refractivity contribution is 5.61. The smallest absolute Gasteiger partial charge is 0.119 e. The number of hydrogen-bond acceptors (Lipinski definition) is 1. The molecule has 3 aliphatic carbocycles. The second kappa shape index (κ2) is 3.49. The van der Waals surface area contributed by atoms with Crippen molar-refractivity contribution in [2.45, 2.75) is 11.8 Å². The quantitative estimate of drug-likeness (QED) is 0.681. The summed E-state index contributed by atoms with van der Waals surface area (Å²) in [6.45, 7) is 0. The van der Waals surface area contributed by atoms with Crippen molar-refractivity contribution in [3.63, 3.8) is 0 Å². The summed E-state index contributed by atoms with van der Waals surface area (Å²) >= 11 is 0. The average Bonchev–Trinajstić information content (AvgIpc) is 2.47. The van der Waals surface area contributed by atoms with Crippen molar-refractivity contribution < 1.29 is 4.74 Å². The molecule has 1 heteroatoms. The van der Waals surface area contributed by atoms with E-state index < -0.39 is 0 Å². The fraction of sp³-hybridized carbons (Fsp3) is 0.176. The Balaban J connectivity index is 1.97. The summed E-state index contributed by atoms with van der Waals surface area (Å²) in [4.78, 5) is 0. The van der Waals surface area contributed by atoms with Gasteiger partial charge in [-0.25, -0.2) is 0 Å². The molecule has 2 unspecified atom stereocenters. The molecule has 0 saturated heterocycles. The third kappa shape index (κ3) is 1.16. The Morgan fingerprint density at radius 1 is 0.778 bits per heavy atom. The average molecular weight is 234 g/mol. The predicted molar refractivity (Wildman–Crippen MR) is 72.3 cm³/mol. The standard InChI is InChI=1S/C17H14O/c1-18-11-6-7-15-14-8-9-16(17(15)10-11)13-5-3-2-4-12(13)14/h2-10,14,16H,1H3. The number of methoxy groups -OCH3 is 1. The summed E-state index contributed by atoms with van der Waals surface area (Å²) in [5.41, 5.74) is 5.75. The molecule has 88 valence electrons. The maximum atomic E-state index is 5.35. The first-order chi connectivity index (χ1) is 8.88. The largest absolute Gasteiger partial charge is 0.497 e. The lowest BCUT2D eigenvalue weighted by Gasteiger charge is -2.36. The summed E-state index contributed by atoms with van der Waals surface area (Å²) in [7, 11) is 1.73. The highest BCUT2D eigenvalue weighted by atomic mass is 16.5. The van der Waals surface area contributed by atoms with Gasteiger partial charge in [0.15, 0.2) is 0 Å². The zero-order valence-electron chi connectivity index (χ0n) is 10.3. The van der Waals surface area contributed by atoms with E-state index in [-0.39, 0.29) is 0 Å². The third-order valence-electron chi connectivity index (χ3n) is 4.13. The van der Waals surface area contributed by atoms with Gasteiger partial charge >= 0.3 is 0 Å². The number of benzene rings is 2. The van der Waals surface area contributed by atoms with Gasteiger partial charge in [-0.2, -0.15) is 0 Å². The molecule has 1 nitrogen and oxygen atoms in total. The first-order valence-corrected chi connectivity index (χ1v) is 6.33. The fourth-order valence-electron chi connectivity index (χ4n) is 3.28. The van der Waals surface area contributed by atoms with Crippen LogP contribution in [0.25, 0.3) is 0 Å². The normalized spacial score (nSPS) is 22.5. The Hall–Kier alpha value is -2.02. The molecule has 2 atom stereocenters.